The molecule has 1 heterocycles. The predicted molar refractivity (Wildman–Crippen MR) is 94.9 cm³/mol. The summed E-state index contributed by atoms with van der Waals surface area (Å²) in [5.74, 6) is -1.40. The molecule has 5 heteroatoms. The zero-order chi connectivity index (χ0) is 17.8. The maximum absolute atomic E-state index is 13.7. The lowest BCUT2D eigenvalue weighted by Crippen LogP contribution is -2.41. The van der Waals surface area contributed by atoms with Crippen molar-refractivity contribution < 1.29 is 14.0 Å². The van der Waals surface area contributed by atoms with Gasteiger partial charge in [0.05, 0.1) is 5.56 Å². The Balaban J connectivity index is 1.48. The highest BCUT2D eigenvalue weighted by Crippen LogP contribution is 2.26. The molecule has 1 saturated heterocycles. The fourth-order valence-electron chi connectivity index (χ4n) is 4.02. The second kappa shape index (κ2) is 8.09. The Hall–Kier alpha value is -1.75. The van der Waals surface area contributed by atoms with Crippen LogP contribution in [0, 0.1) is 11.7 Å². The molecule has 1 N–H and O–H groups in total. The van der Waals surface area contributed by atoms with E-state index in [-0.39, 0.29) is 29.7 Å². The summed E-state index contributed by atoms with van der Waals surface area (Å²) in [6, 6.07) is 6.78. The Morgan fingerprint density at radius 3 is 2.68 bits per heavy atom. The highest BCUT2D eigenvalue weighted by atomic mass is 19.1. The topological polar surface area (TPSA) is 49.4 Å². The normalized spacial score (nSPS) is 22.9. The molecule has 2 fully saturated rings. The highest BCUT2D eigenvalue weighted by molar-refractivity contribution is 5.98. The van der Waals surface area contributed by atoms with Crippen LogP contribution in [-0.2, 0) is 4.79 Å². The average molecular weight is 346 g/mol. The first-order valence-corrected chi connectivity index (χ1v) is 9.36. The van der Waals surface area contributed by atoms with Crippen LogP contribution in [0.3, 0.4) is 0 Å². The summed E-state index contributed by atoms with van der Waals surface area (Å²) in [6.07, 6.45) is 6.17. The molecule has 2 unspecified atom stereocenters. The maximum Gasteiger partial charge on any atom is 0.223 e. The molecule has 1 aliphatic carbocycles. The summed E-state index contributed by atoms with van der Waals surface area (Å²) in [5, 5.41) is 3.08. The van der Waals surface area contributed by atoms with Crippen LogP contribution in [-0.4, -0.2) is 41.8 Å². The number of likely N-dealkylation sites (tertiary alicyclic amines) is 1. The van der Waals surface area contributed by atoms with Gasteiger partial charge in [-0.1, -0.05) is 31.9 Å². The standard InChI is InChI=1S/C20H27FN2O2/c1-14(12-19(24)17-8-4-5-9-18(17)21)20(25)22-15-10-11-23(13-15)16-6-2-3-7-16/h4-5,8-9,14-16H,2-3,6-7,10-13H2,1H3,(H,22,25). The molecule has 1 saturated carbocycles. The van der Waals surface area contributed by atoms with Gasteiger partial charge in [-0.15, -0.1) is 0 Å². The Morgan fingerprint density at radius 1 is 1.24 bits per heavy atom. The van der Waals surface area contributed by atoms with E-state index in [1.165, 1.54) is 37.8 Å². The number of Topliss-reactive ketones (excluding diaryl/α,β-unsaturated/α-hetero) is 1. The van der Waals surface area contributed by atoms with Gasteiger partial charge in [0.15, 0.2) is 5.78 Å². The van der Waals surface area contributed by atoms with Gasteiger partial charge in [0, 0.05) is 37.5 Å². The lowest BCUT2D eigenvalue weighted by Gasteiger charge is -2.24. The molecule has 25 heavy (non-hydrogen) atoms. The minimum Gasteiger partial charge on any atom is -0.352 e. The zero-order valence-electron chi connectivity index (χ0n) is 14.8. The number of nitrogens with one attached hydrogen (secondary N) is 1. The van der Waals surface area contributed by atoms with Crippen LogP contribution < -0.4 is 5.32 Å². The van der Waals surface area contributed by atoms with Crippen LogP contribution in [0.15, 0.2) is 24.3 Å². The van der Waals surface area contributed by atoms with Gasteiger partial charge in [0.2, 0.25) is 5.91 Å². The summed E-state index contributed by atoms with van der Waals surface area (Å²) in [7, 11) is 0. The van der Waals surface area contributed by atoms with Crippen molar-refractivity contribution in [1.29, 1.82) is 0 Å². The van der Waals surface area contributed by atoms with Crippen molar-refractivity contribution in [3.63, 3.8) is 0 Å². The van der Waals surface area contributed by atoms with Crippen LogP contribution in [0.1, 0.15) is 55.8 Å². The number of rotatable bonds is 6. The van der Waals surface area contributed by atoms with Crippen molar-refractivity contribution in [2.24, 2.45) is 5.92 Å². The van der Waals surface area contributed by atoms with E-state index < -0.39 is 11.7 Å². The van der Waals surface area contributed by atoms with E-state index in [4.69, 9.17) is 0 Å². The van der Waals surface area contributed by atoms with Gasteiger partial charge in [-0.25, -0.2) is 4.39 Å². The van der Waals surface area contributed by atoms with Crippen molar-refractivity contribution in [2.75, 3.05) is 13.1 Å². The van der Waals surface area contributed by atoms with E-state index in [0.29, 0.717) is 6.04 Å². The number of carbonyl (C=O) groups excluding carboxylic acids is 2. The summed E-state index contributed by atoms with van der Waals surface area (Å²) >= 11 is 0. The average Bonchev–Trinajstić information content (AvgIpc) is 3.26. The first-order chi connectivity index (χ1) is 12.0. The molecular weight excluding hydrogens is 319 g/mol. The Labute approximate surface area is 148 Å². The number of hydrogen-bond donors (Lipinski definition) is 1. The molecule has 0 aromatic heterocycles. The van der Waals surface area contributed by atoms with Gasteiger partial charge >= 0.3 is 0 Å². The molecule has 2 aliphatic rings. The van der Waals surface area contributed by atoms with E-state index in [1.54, 1.807) is 19.1 Å². The number of carbonyl (C=O) groups is 2. The van der Waals surface area contributed by atoms with E-state index in [1.807, 2.05) is 0 Å². The summed E-state index contributed by atoms with van der Waals surface area (Å²) in [6.45, 7) is 3.68. The first kappa shape index (κ1) is 18.1. The third kappa shape index (κ3) is 4.46. The number of ketones is 1. The monoisotopic (exact) mass is 346 g/mol. The third-order valence-electron chi connectivity index (χ3n) is 5.52. The lowest BCUT2D eigenvalue weighted by molar-refractivity contribution is -0.125. The molecule has 4 nitrogen and oxygen atoms in total. The van der Waals surface area contributed by atoms with Crippen LogP contribution in [0.25, 0.3) is 0 Å². The van der Waals surface area contributed by atoms with Crippen molar-refractivity contribution >= 4 is 11.7 Å². The Kier molecular flexibility index (Phi) is 5.84. The minimum absolute atomic E-state index is 0.0336. The van der Waals surface area contributed by atoms with Crippen molar-refractivity contribution in [3.8, 4) is 0 Å². The Morgan fingerprint density at radius 2 is 1.96 bits per heavy atom. The molecular formula is C20H27FN2O2. The summed E-state index contributed by atoms with van der Waals surface area (Å²) < 4.78 is 13.7. The SMILES string of the molecule is CC(CC(=O)c1ccccc1F)C(=O)NC1CCN(C2CCCC2)C1. The first-order valence-electron chi connectivity index (χ1n) is 9.36. The maximum atomic E-state index is 13.7. The van der Waals surface area contributed by atoms with Gasteiger partial charge < -0.3 is 5.32 Å². The highest BCUT2D eigenvalue weighted by Gasteiger charge is 2.31. The molecule has 2 atom stereocenters. The second-order valence-electron chi connectivity index (χ2n) is 7.44. The van der Waals surface area contributed by atoms with E-state index in [2.05, 4.69) is 10.2 Å². The molecule has 0 spiro atoms. The molecule has 0 bridgehead atoms. The fraction of sp³-hybridized carbons (Fsp3) is 0.600. The van der Waals surface area contributed by atoms with Crippen LogP contribution in [0.5, 0.6) is 0 Å². The smallest absolute Gasteiger partial charge is 0.223 e. The lowest BCUT2D eigenvalue weighted by atomic mass is 9.98. The fourth-order valence-corrected chi connectivity index (χ4v) is 4.02. The van der Waals surface area contributed by atoms with Gasteiger partial charge in [-0.3, -0.25) is 14.5 Å². The molecule has 1 aromatic rings. The number of hydrogen-bond acceptors (Lipinski definition) is 3. The molecule has 1 aliphatic heterocycles. The largest absolute Gasteiger partial charge is 0.352 e. The number of halogens is 1. The van der Waals surface area contributed by atoms with Crippen LogP contribution >= 0.6 is 0 Å². The second-order valence-corrected chi connectivity index (χ2v) is 7.44. The van der Waals surface area contributed by atoms with E-state index in [9.17, 15) is 14.0 Å². The van der Waals surface area contributed by atoms with Gasteiger partial charge in [0.1, 0.15) is 5.82 Å². The third-order valence-corrected chi connectivity index (χ3v) is 5.52. The minimum atomic E-state index is -0.525. The molecule has 3 rings (SSSR count). The molecule has 136 valence electrons. The summed E-state index contributed by atoms with van der Waals surface area (Å²) in [4.78, 5) is 27.1. The number of nitrogens with zero attached hydrogens (tertiary/aromatic N) is 1. The number of benzene rings is 1. The van der Waals surface area contributed by atoms with Gasteiger partial charge in [-0.05, 0) is 31.4 Å². The van der Waals surface area contributed by atoms with E-state index >= 15 is 0 Å². The zero-order valence-corrected chi connectivity index (χ0v) is 14.8. The van der Waals surface area contributed by atoms with Crippen molar-refractivity contribution in [2.45, 2.75) is 57.5 Å². The quantitative estimate of drug-likeness (QED) is 0.805. The van der Waals surface area contributed by atoms with Crippen molar-refractivity contribution in [3.05, 3.63) is 35.6 Å². The van der Waals surface area contributed by atoms with Gasteiger partial charge in [-0.2, -0.15) is 0 Å². The van der Waals surface area contributed by atoms with E-state index in [0.717, 1.165) is 19.5 Å². The molecule has 1 aromatic carbocycles. The molecule has 0 radical (unpaired) electrons. The van der Waals surface area contributed by atoms with Crippen LogP contribution in [0.2, 0.25) is 0 Å². The summed E-state index contributed by atoms with van der Waals surface area (Å²) in [5.41, 5.74) is 0.0652. The number of amides is 1. The van der Waals surface area contributed by atoms with Crippen molar-refractivity contribution in [1.82, 2.24) is 10.2 Å². The predicted octanol–water partition coefficient (Wildman–Crippen LogP) is 3.17. The van der Waals surface area contributed by atoms with Gasteiger partial charge in [0.25, 0.3) is 0 Å². The van der Waals surface area contributed by atoms with Crippen LogP contribution in [0.4, 0.5) is 4.39 Å². The molecule has 1 amide bonds. The Bertz CT molecular complexity index is 628.